The van der Waals surface area contributed by atoms with E-state index in [4.69, 9.17) is 18.0 Å². The van der Waals surface area contributed by atoms with Crippen LogP contribution in [0.5, 0.6) is 0 Å². The Morgan fingerprint density at radius 2 is 1.09 bits per heavy atom. The van der Waals surface area contributed by atoms with Crippen LogP contribution in [0.1, 0.15) is 137 Å². The Morgan fingerprint density at radius 1 is 0.647 bits per heavy atom. The predicted octanol–water partition coefficient (Wildman–Crippen LogP) is 7.93. The molecule has 0 fully saturated rings. The Balaban J connectivity index is 4.44. The summed E-state index contributed by atoms with van der Waals surface area (Å²) in [6.45, 7) is 14.0. The number of unbranched alkanes of at least 4 members (excludes halogenated alkanes) is 12. The molecule has 0 aromatic carbocycles. The van der Waals surface area contributed by atoms with Crippen LogP contribution in [0.4, 0.5) is 0 Å². The fraction of sp³-hybridized carbons (Fsp3) is 0.893. The zero-order valence-corrected chi connectivity index (χ0v) is 24.2. The van der Waals surface area contributed by atoms with Gasteiger partial charge in [-0.3, -0.25) is 0 Å². The number of esters is 1. The molecule has 0 aliphatic rings. The third-order valence-electron chi connectivity index (χ3n) is 5.95. The largest absolute Gasteiger partial charge is 0.484 e. The number of hydrogen-bond acceptors (Lipinski definition) is 5. The summed E-state index contributed by atoms with van der Waals surface area (Å²) in [5.41, 5.74) is 0.443. The van der Waals surface area contributed by atoms with Crippen molar-refractivity contribution in [1.29, 1.82) is 0 Å². The molecular weight excluding hydrogens is 444 g/mol. The second-order valence-electron chi connectivity index (χ2n) is 9.53. The van der Waals surface area contributed by atoms with Gasteiger partial charge in [0.1, 0.15) is 6.10 Å². The van der Waals surface area contributed by atoms with Crippen LogP contribution in [-0.4, -0.2) is 41.4 Å². The molecule has 0 saturated carbocycles. The fourth-order valence-electron chi connectivity index (χ4n) is 3.70. The van der Waals surface area contributed by atoms with Crippen LogP contribution >= 0.6 is 0 Å². The van der Waals surface area contributed by atoms with Gasteiger partial charge in [-0.25, -0.2) is 4.79 Å². The third kappa shape index (κ3) is 21.8. The van der Waals surface area contributed by atoms with Gasteiger partial charge in [-0.15, -0.1) is 0 Å². The third-order valence-corrected chi connectivity index (χ3v) is 7.47. The molecule has 0 heterocycles. The van der Waals surface area contributed by atoms with Crippen molar-refractivity contribution in [2.24, 2.45) is 0 Å². The SMILES string of the molecule is C=C(C)C(=O)OC(CCCCC)CCO[SiH](OCCCCCCCC)OCCCCCCCC. The summed E-state index contributed by atoms with van der Waals surface area (Å²) in [6.07, 6.45) is 19.6. The lowest BCUT2D eigenvalue weighted by Crippen LogP contribution is -2.30. The van der Waals surface area contributed by atoms with E-state index in [1.165, 1.54) is 64.2 Å². The minimum Gasteiger partial charge on any atom is -0.459 e. The van der Waals surface area contributed by atoms with Gasteiger partial charge in [-0.2, -0.15) is 0 Å². The van der Waals surface area contributed by atoms with Gasteiger partial charge in [0.05, 0.1) is 0 Å². The van der Waals surface area contributed by atoms with Gasteiger partial charge in [0, 0.05) is 31.8 Å². The summed E-state index contributed by atoms with van der Waals surface area (Å²) >= 11 is 0. The number of hydrogen-bond donors (Lipinski definition) is 0. The lowest BCUT2D eigenvalue weighted by molar-refractivity contribution is -0.145. The van der Waals surface area contributed by atoms with Crippen molar-refractivity contribution in [3.8, 4) is 0 Å². The molecule has 0 aliphatic carbocycles. The first kappa shape index (κ1) is 33.3. The Hall–Kier alpha value is -0.693. The van der Waals surface area contributed by atoms with E-state index in [0.29, 0.717) is 31.8 Å². The molecule has 0 N–H and O–H groups in total. The quantitative estimate of drug-likeness (QED) is 0.0522. The molecule has 0 aromatic rings. The van der Waals surface area contributed by atoms with Gasteiger partial charge < -0.3 is 18.0 Å². The van der Waals surface area contributed by atoms with Crippen LogP contribution in [0.3, 0.4) is 0 Å². The highest BCUT2D eigenvalue weighted by Crippen LogP contribution is 2.14. The van der Waals surface area contributed by atoms with Crippen LogP contribution in [-0.2, 0) is 22.8 Å². The molecule has 0 amide bonds. The van der Waals surface area contributed by atoms with E-state index >= 15 is 0 Å². The smallest absolute Gasteiger partial charge is 0.459 e. The van der Waals surface area contributed by atoms with E-state index in [0.717, 1.165) is 38.5 Å². The average Bonchev–Trinajstić information content (AvgIpc) is 2.82. The molecule has 6 heteroatoms. The zero-order valence-electron chi connectivity index (χ0n) is 23.0. The second kappa shape index (κ2) is 25.4. The van der Waals surface area contributed by atoms with Crippen LogP contribution in [0.15, 0.2) is 12.2 Å². The van der Waals surface area contributed by atoms with Gasteiger partial charge in [0.15, 0.2) is 0 Å². The van der Waals surface area contributed by atoms with Crippen molar-refractivity contribution in [3.63, 3.8) is 0 Å². The Bertz CT molecular complexity index is 454. The summed E-state index contributed by atoms with van der Waals surface area (Å²) in [4.78, 5) is 12.0. The summed E-state index contributed by atoms with van der Waals surface area (Å²) in [5.74, 6) is -0.311. The summed E-state index contributed by atoms with van der Waals surface area (Å²) in [5, 5.41) is 0. The van der Waals surface area contributed by atoms with Crippen molar-refractivity contribution in [3.05, 3.63) is 12.2 Å². The molecular formula is C28H56O5Si. The maximum Gasteiger partial charge on any atom is 0.484 e. The van der Waals surface area contributed by atoms with Gasteiger partial charge in [0.25, 0.3) is 0 Å². The summed E-state index contributed by atoms with van der Waals surface area (Å²) in [6, 6.07) is 0. The van der Waals surface area contributed by atoms with E-state index < -0.39 is 9.53 Å². The fourth-order valence-corrected chi connectivity index (χ4v) is 5.04. The molecule has 34 heavy (non-hydrogen) atoms. The monoisotopic (exact) mass is 500 g/mol. The first-order valence-corrected chi connectivity index (χ1v) is 15.7. The highest BCUT2D eigenvalue weighted by atomic mass is 28.3. The minimum atomic E-state index is -2.17. The van der Waals surface area contributed by atoms with Crippen LogP contribution < -0.4 is 0 Å². The summed E-state index contributed by atoms with van der Waals surface area (Å²) < 4.78 is 23.9. The molecule has 0 saturated heterocycles. The topological polar surface area (TPSA) is 54.0 Å². The summed E-state index contributed by atoms with van der Waals surface area (Å²) in [7, 11) is -2.17. The Kier molecular flexibility index (Phi) is 24.9. The van der Waals surface area contributed by atoms with Gasteiger partial charge in [-0.05, 0) is 32.6 Å². The molecule has 0 rings (SSSR count). The van der Waals surface area contributed by atoms with Crippen molar-refractivity contribution >= 4 is 15.5 Å². The van der Waals surface area contributed by atoms with Crippen LogP contribution in [0.2, 0.25) is 0 Å². The van der Waals surface area contributed by atoms with Crippen molar-refractivity contribution in [2.75, 3.05) is 19.8 Å². The second-order valence-corrected chi connectivity index (χ2v) is 11.1. The molecule has 0 spiro atoms. The van der Waals surface area contributed by atoms with E-state index in [-0.39, 0.29) is 12.1 Å². The van der Waals surface area contributed by atoms with Gasteiger partial charge in [-0.1, -0.05) is 104 Å². The maximum atomic E-state index is 12.0. The molecule has 5 nitrogen and oxygen atoms in total. The molecule has 202 valence electrons. The molecule has 1 unspecified atom stereocenters. The number of carbonyl (C=O) groups is 1. The van der Waals surface area contributed by atoms with E-state index in [9.17, 15) is 4.79 Å². The number of ether oxygens (including phenoxy) is 1. The minimum absolute atomic E-state index is 0.137. The maximum absolute atomic E-state index is 12.0. The lowest BCUT2D eigenvalue weighted by Gasteiger charge is -2.21. The lowest BCUT2D eigenvalue weighted by atomic mass is 10.1. The number of rotatable bonds is 26. The zero-order chi connectivity index (χ0) is 25.3. The predicted molar refractivity (Wildman–Crippen MR) is 145 cm³/mol. The molecule has 0 aliphatic heterocycles. The highest BCUT2D eigenvalue weighted by Gasteiger charge is 2.19. The van der Waals surface area contributed by atoms with Crippen molar-refractivity contribution < 1.29 is 22.8 Å². The Morgan fingerprint density at radius 3 is 1.59 bits per heavy atom. The molecule has 1 atom stereocenters. The van der Waals surface area contributed by atoms with Crippen molar-refractivity contribution in [2.45, 2.75) is 143 Å². The van der Waals surface area contributed by atoms with Gasteiger partial charge in [0.2, 0.25) is 0 Å². The van der Waals surface area contributed by atoms with Gasteiger partial charge >= 0.3 is 15.5 Å². The molecule has 0 aromatic heterocycles. The van der Waals surface area contributed by atoms with E-state index in [1.807, 2.05) is 0 Å². The van der Waals surface area contributed by atoms with Crippen LogP contribution in [0.25, 0.3) is 0 Å². The first-order valence-electron chi connectivity index (χ1n) is 14.3. The standard InChI is InChI=1S/C28H56O5Si/c1-6-9-12-14-16-19-23-30-34(31-24-20-17-15-13-10-7-2)32-25-22-27(21-18-11-8-3)33-28(29)26(4)5/h27,34H,4,6-25H2,1-3,5H3. The Labute approximate surface area is 213 Å². The number of carbonyl (C=O) groups excluding carboxylic acids is 1. The van der Waals surface area contributed by atoms with E-state index in [1.54, 1.807) is 6.92 Å². The molecule has 0 bridgehead atoms. The highest BCUT2D eigenvalue weighted by molar-refractivity contribution is 6.36. The van der Waals surface area contributed by atoms with Crippen LogP contribution in [0, 0.1) is 0 Å². The van der Waals surface area contributed by atoms with Crippen molar-refractivity contribution in [1.82, 2.24) is 0 Å². The average molecular weight is 501 g/mol. The van der Waals surface area contributed by atoms with E-state index in [2.05, 4.69) is 27.4 Å². The first-order chi connectivity index (χ1) is 16.5. The molecule has 0 radical (unpaired) electrons. The normalized spacial score (nSPS) is 12.3.